The summed E-state index contributed by atoms with van der Waals surface area (Å²) >= 11 is 4.16. The molecule has 0 amide bonds. The van der Waals surface area contributed by atoms with Crippen molar-refractivity contribution in [3.05, 3.63) is 61.7 Å². The fourth-order valence-corrected chi connectivity index (χ4v) is 3.73. The van der Waals surface area contributed by atoms with Crippen LogP contribution in [0, 0.1) is 10.9 Å². The first-order valence-electron chi connectivity index (χ1n) is 7.70. The minimum Gasteiger partial charge on any atom is -0.463 e. The molecule has 1 aromatic carbocycles. The molecule has 0 bridgehead atoms. The lowest BCUT2D eigenvalue weighted by molar-refractivity contribution is -0.138. The Kier molecular flexibility index (Phi) is 5.47. The standard InChI is InChI=1S/C17H14BrF2N3O2S/c1-3-25-17(24)13-8(2)22-15(16-21-7-12(20)26-16)23-14(13)10-5-4-9(19)6-11(10)18/h4-7,14H,3H2,1-2H3,(H,22,23). The fourth-order valence-electron chi connectivity index (χ4n) is 2.57. The van der Waals surface area contributed by atoms with Crippen LogP contribution in [0.15, 0.2) is 45.1 Å². The number of esters is 1. The summed E-state index contributed by atoms with van der Waals surface area (Å²) in [6, 6.07) is 3.39. The second-order valence-corrected chi connectivity index (χ2v) is 7.23. The van der Waals surface area contributed by atoms with E-state index in [1.165, 1.54) is 12.1 Å². The predicted molar refractivity (Wildman–Crippen MR) is 97.9 cm³/mol. The maximum atomic E-state index is 13.5. The van der Waals surface area contributed by atoms with Gasteiger partial charge in [-0.1, -0.05) is 33.3 Å². The number of rotatable bonds is 4. The maximum absolute atomic E-state index is 13.5. The Morgan fingerprint density at radius 3 is 2.81 bits per heavy atom. The molecule has 1 aromatic heterocycles. The summed E-state index contributed by atoms with van der Waals surface area (Å²) in [6.45, 7) is 3.62. The lowest BCUT2D eigenvalue weighted by Gasteiger charge is -2.26. The molecule has 3 rings (SSSR count). The highest BCUT2D eigenvalue weighted by atomic mass is 79.9. The minimum atomic E-state index is -0.743. The smallest absolute Gasteiger partial charge is 0.338 e. The summed E-state index contributed by atoms with van der Waals surface area (Å²) in [6.07, 6.45) is 1.10. The van der Waals surface area contributed by atoms with Crippen molar-refractivity contribution in [3.8, 4) is 0 Å². The van der Waals surface area contributed by atoms with Crippen LogP contribution in [0.1, 0.15) is 30.5 Å². The molecule has 26 heavy (non-hydrogen) atoms. The average molecular weight is 442 g/mol. The summed E-state index contributed by atoms with van der Waals surface area (Å²) in [5.74, 6) is -0.600. The summed E-state index contributed by atoms with van der Waals surface area (Å²) in [5.41, 5.74) is 1.41. The molecule has 0 saturated carbocycles. The third-order valence-electron chi connectivity index (χ3n) is 3.67. The van der Waals surface area contributed by atoms with Gasteiger partial charge in [0.15, 0.2) is 16.0 Å². The molecule has 0 radical (unpaired) electrons. The zero-order chi connectivity index (χ0) is 18.8. The van der Waals surface area contributed by atoms with E-state index in [1.807, 2.05) is 0 Å². The molecule has 1 atom stereocenters. The topological polar surface area (TPSA) is 63.6 Å². The van der Waals surface area contributed by atoms with Crippen molar-refractivity contribution >= 4 is 39.1 Å². The van der Waals surface area contributed by atoms with Crippen LogP contribution in [0.4, 0.5) is 8.78 Å². The monoisotopic (exact) mass is 441 g/mol. The second kappa shape index (κ2) is 7.63. The Labute approximate surface area is 160 Å². The van der Waals surface area contributed by atoms with Crippen LogP contribution < -0.4 is 5.32 Å². The molecule has 1 unspecified atom stereocenters. The summed E-state index contributed by atoms with van der Waals surface area (Å²) < 4.78 is 32.4. The number of halogens is 3. The lowest BCUT2D eigenvalue weighted by Crippen LogP contribution is -2.32. The van der Waals surface area contributed by atoms with Crippen LogP contribution >= 0.6 is 27.3 Å². The highest BCUT2D eigenvalue weighted by molar-refractivity contribution is 9.10. The maximum Gasteiger partial charge on any atom is 0.338 e. The van der Waals surface area contributed by atoms with Gasteiger partial charge in [-0.25, -0.2) is 14.2 Å². The number of ether oxygens (including phenoxy) is 1. The number of hydrogen-bond donors (Lipinski definition) is 1. The number of allylic oxidation sites excluding steroid dienone is 1. The van der Waals surface area contributed by atoms with Gasteiger partial charge in [-0.3, -0.25) is 4.99 Å². The molecule has 5 nitrogen and oxygen atoms in total. The number of carbonyl (C=O) groups is 1. The molecular formula is C17H14BrF2N3O2S. The van der Waals surface area contributed by atoms with Crippen molar-refractivity contribution in [2.75, 3.05) is 6.61 Å². The van der Waals surface area contributed by atoms with E-state index in [2.05, 4.69) is 31.2 Å². The molecular weight excluding hydrogens is 428 g/mol. The van der Waals surface area contributed by atoms with Gasteiger partial charge in [-0.15, -0.1) is 0 Å². The number of nitrogens with zero attached hydrogens (tertiary/aromatic N) is 2. The molecule has 1 aliphatic heterocycles. The first-order valence-corrected chi connectivity index (χ1v) is 9.31. The predicted octanol–water partition coefficient (Wildman–Crippen LogP) is 4.11. The second-order valence-electron chi connectivity index (χ2n) is 5.40. The summed E-state index contributed by atoms with van der Waals surface area (Å²) in [5, 5.41) is 2.90. The molecule has 1 N–H and O–H groups in total. The van der Waals surface area contributed by atoms with E-state index in [0.29, 0.717) is 32.1 Å². The number of nitrogens with one attached hydrogen (secondary N) is 1. The van der Waals surface area contributed by atoms with Gasteiger partial charge in [0.2, 0.25) is 0 Å². The van der Waals surface area contributed by atoms with Gasteiger partial charge in [0.05, 0.1) is 18.4 Å². The number of benzene rings is 1. The van der Waals surface area contributed by atoms with Crippen molar-refractivity contribution in [3.63, 3.8) is 0 Å². The number of amidine groups is 1. The zero-order valence-electron chi connectivity index (χ0n) is 13.8. The Hall–Kier alpha value is -2.13. The highest BCUT2D eigenvalue weighted by Gasteiger charge is 2.32. The molecule has 0 aliphatic carbocycles. The van der Waals surface area contributed by atoms with Gasteiger partial charge >= 0.3 is 5.97 Å². The lowest BCUT2D eigenvalue weighted by atomic mass is 9.96. The molecule has 1 aliphatic rings. The van der Waals surface area contributed by atoms with Crippen molar-refractivity contribution in [1.29, 1.82) is 0 Å². The van der Waals surface area contributed by atoms with Crippen LogP contribution in [0.3, 0.4) is 0 Å². The van der Waals surface area contributed by atoms with Crippen molar-refractivity contribution < 1.29 is 18.3 Å². The first-order chi connectivity index (χ1) is 12.4. The van der Waals surface area contributed by atoms with Crippen LogP contribution in [0.25, 0.3) is 0 Å². The normalized spacial score (nSPS) is 17.0. The average Bonchev–Trinajstić information content (AvgIpc) is 3.01. The van der Waals surface area contributed by atoms with Crippen LogP contribution in [0.5, 0.6) is 0 Å². The minimum absolute atomic E-state index is 0.210. The Morgan fingerprint density at radius 2 is 2.19 bits per heavy atom. The number of aromatic nitrogens is 1. The highest BCUT2D eigenvalue weighted by Crippen LogP contribution is 2.36. The molecule has 2 aromatic rings. The van der Waals surface area contributed by atoms with Crippen LogP contribution in [-0.4, -0.2) is 23.4 Å². The van der Waals surface area contributed by atoms with Crippen molar-refractivity contribution in [2.45, 2.75) is 19.9 Å². The van der Waals surface area contributed by atoms with E-state index in [1.54, 1.807) is 19.9 Å². The summed E-state index contributed by atoms with van der Waals surface area (Å²) in [7, 11) is 0. The number of aliphatic imine (C=N–C) groups is 1. The molecule has 2 heterocycles. The molecule has 0 fully saturated rings. The largest absolute Gasteiger partial charge is 0.463 e. The Bertz CT molecular complexity index is 926. The van der Waals surface area contributed by atoms with E-state index >= 15 is 0 Å². The Morgan fingerprint density at radius 1 is 1.42 bits per heavy atom. The molecule has 0 saturated heterocycles. The van der Waals surface area contributed by atoms with Gasteiger partial charge in [0.1, 0.15) is 11.9 Å². The Balaban J connectivity index is 2.12. The van der Waals surface area contributed by atoms with Crippen LogP contribution in [-0.2, 0) is 9.53 Å². The first kappa shape index (κ1) is 18.7. The van der Waals surface area contributed by atoms with E-state index < -0.39 is 23.0 Å². The van der Waals surface area contributed by atoms with Crippen LogP contribution in [0.2, 0.25) is 0 Å². The number of hydrogen-bond acceptors (Lipinski definition) is 6. The van der Waals surface area contributed by atoms with Gasteiger partial charge in [-0.2, -0.15) is 4.39 Å². The van der Waals surface area contributed by atoms with Gasteiger partial charge in [0, 0.05) is 10.2 Å². The van der Waals surface area contributed by atoms with Gasteiger partial charge < -0.3 is 10.1 Å². The number of carbonyl (C=O) groups excluding carboxylic acids is 1. The van der Waals surface area contributed by atoms with Crippen molar-refractivity contribution in [1.82, 2.24) is 10.3 Å². The van der Waals surface area contributed by atoms with Gasteiger partial charge in [0.25, 0.3) is 0 Å². The third kappa shape index (κ3) is 3.68. The SMILES string of the molecule is CCOC(=O)C1=C(C)NC(c2ncc(F)s2)=NC1c1ccc(F)cc1Br. The summed E-state index contributed by atoms with van der Waals surface area (Å²) in [4.78, 5) is 21.0. The van der Waals surface area contributed by atoms with Crippen molar-refractivity contribution in [2.24, 2.45) is 4.99 Å². The third-order valence-corrected chi connectivity index (χ3v) is 5.15. The molecule has 0 spiro atoms. The fraction of sp³-hybridized carbons (Fsp3) is 0.235. The van der Waals surface area contributed by atoms with E-state index in [4.69, 9.17) is 4.74 Å². The van der Waals surface area contributed by atoms with E-state index in [0.717, 1.165) is 17.5 Å². The molecule has 9 heteroatoms. The molecule has 136 valence electrons. The van der Waals surface area contributed by atoms with E-state index in [-0.39, 0.29) is 6.61 Å². The van der Waals surface area contributed by atoms with E-state index in [9.17, 15) is 13.6 Å². The zero-order valence-corrected chi connectivity index (χ0v) is 16.2. The number of thiazole rings is 1. The van der Waals surface area contributed by atoms with Gasteiger partial charge in [-0.05, 0) is 31.5 Å². The quantitative estimate of drug-likeness (QED) is 0.724.